The summed E-state index contributed by atoms with van der Waals surface area (Å²) in [6, 6.07) is 1.56. The van der Waals surface area contributed by atoms with Crippen LogP contribution in [0, 0.1) is 0 Å². The van der Waals surface area contributed by atoms with E-state index >= 15 is 0 Å². The molecule has 1 saturated heterocycles. The number of hydrogen-bond donors (Lipinski definition) is 2. The van der Waals surface area contributed by atoms with E-state index in [9.17, 15) is 27.9 Å². The van der Waals surface area contributed by atoms with Crippen LogP contribution < -0.4 is 5.56 Å². The van der Waals surface area contributed by atoms with Gasteiger partial charge in [0.1, 0.15) is 11.3 Å². The Hall–Kier alpha value is -1.83. The van der Waals surface area contributed by atoms with Crippen LogP contribution in [0.2, 0.25) is 0 Å². The summed E-state index contributed by atoms with van der Waals surface area (Å²) in [4.78, 5) is 26.8. The maximum Gasteiger partial charge on any atom is 0.431 e. The molecule has 0 aromatic carbocycles. The maximum absolute atomic E-state index is 12.4. The van der Waals surface area contributed by atoms with E-state index in [0.717, 1.165) is 6.07 Å². The van der Waals surface area contributed by atoms with Gasteiger partial charge in [0.05, 0.1) is 5.60 Å². The number of aromatic amines is 1. The van der Waals surface area contributed by atoms with Gasteiger partial charge in [-0.15, -0.1) is 0 Å². The Bertz CT molecular complexity index is 597. The minimum absolute atomic E-state index is 0.256. The number of aromatic nitrogens is 1. The number of piperidine rings is 1. The van der Waals surface area contributed by atoms with E-state index in [-0.39, 0.29) is 18.7 Å². The molecule has 1 aliphatic heterocycles. The number of nitrogens with zero attached hydrogens (tertiary/aromatic N) is 1. The fourth-order valence-corrected chi connectivity index (χ4v) is 2.17. The summed E-state index contributed by atoms with van der Waals surface area (Å²) in [5.41, 5.74) is -3.44. The van der Waals surface area contributed by atoms with Gasteiger partial charge in [0.15, 0.2) is 0 Å². The molecule has 2 N–H and O–H groups in total. The molecule has 1 amide bonds. The Morgan fingerprint density at radius 1 is 1.33 bits per heavy atom. The molecule has 21 heavy (non-hydrogen) atoms. The molecule has 0 spiro atoms. The van der Waals surface area contributed by atoms with Crippen LogP contribution in [0.5, 0.6) is 0 Å². The first-order valence-corrected chi connectivity index (χ1v) is 6.42. The van der Waals surface area contributed by atoms with Crippen LogP contribution in [-0.2, 0) is 6.18 Å². The highest BCUT2D eigenvalue weighted by molar-refractivity contribution is 5.93. The minimum Gasteiger partial charge on any atom is -0.390 e. The number of amides is 1. The summed E-state index contributed by atoms with van der Waals surface area (Å²) >= 11 is 0. The first-order valence-electron chi connectivity index (χ1n) is 6.42. The van der Waals surface area contributed by atoms with Crippen LogP contribution in [0.4, 0.5) is 13.2 Å². The maximum atomic E-state index is 12.4. The molecule has 0 radical (unpaired) electrons. The molecule has 0 saturated carbocycles. The predicted octanol–water partition coefficient (Wildman–Crippen LogP) is 1.38. The first kappa shape index (κ1) is 15.6. The SMILES string of the molecule is CC1(O)CCN(C(=O)c2ccc(C(F)(F)F)[nH]c2=O)CC1. The fourth-order valence-electron chi connectivity index (χ4n) is 2.17. The van der Waals surface area contributed by atoms with Crippen molar-refractivity contribution < 1.29 is 23.1 Å². The van der Waals surface area contributed by atoms with Crippen LogP contribution in [0.25, 0.3) is 0 Å². The van der Waals surface area contributed by atoms with Crippen LogP contribution in [-0.4, -0.2) is 39.6 Å². The average molecular weight is 304 g/mol. The van der Waals surface area contributed by atoms with E-state index in [2.05, 4.69) is 0 Å². The van der Waals surface area contributed by atoms with Gasteiger partial charge >= 0.3 is 6.18 Å². The van der Waals surface area contributed by atoms with Crippen LogP contribution in [0.1, 0.15) is 35.8 Å². The predicted molar refractivity (Wildman–Crippen MR) is 67.8 cm³/mol. The van der Waals surface area contributed by atoms with Crippen molar-refractivity contribution in [2.45, 2.75) is 31.5 Å². The Kier molecular flexibility index (Phi) is 3.83. The van der Waals surface area contributed by atoms with E-state index in [4.69, 9.17) is 0 Å². The molecular formula is C13H15F3N2O3. The third-order valence-electron chi connectivity index (χ3n) is 3.57. The Balaban J connectivity index is 2.19. The van der Waals surface area contributed by atoms with Crippen LogP contribution in [0.15, 0.2) is 16.9 Å². The second-order valence-electron chi connectivity index (χ2n) is 5.40. The molecule has 5 nitrogen and oxygen atoms in total. The average Bonchev–Trinajstić information content (AvgIpc) is 2.36. The number of carbonyl (C=O) groups is 1. The summed E-state index contributed by atoms with van der Waals surface area (Å²) in [5, 5.41) is 9.79. The zero-order chi connectivity index (χ0) is 15.8. The summed E-state index contributed by atoms with van der Waals surface area (Å²) in [6.45, 7) is 2.17. The second-order valence-corrected chi connectivity index (χ2v) is 5.40. The number of halogens is 3. The zero-order valence-electron chi connectivity index (χ0n) is 11.3. The number of nitrogens with one attached hydrogen (secondary N) is 1. The third kappa shape index (κ3) is 3.44. The molecule has 1 fully saturated rings. The van der Waals surface area contributed by atoms with E-state index < -0.39 is 28.9 Å². The van der Waals surface area contributed by atoms with Gasteiger partial charge in [-0.25, -0.2) is 0 Å². The number of hydrogen-bond acceptors (Lipinski definition) is 3. The van der Waals surface area contributed by atoms with Crippen molar-refractivity contribution in [2.24, 2.45) is 0 Å². The number of H-pyrrole nitrogens is 1. The molecule has 1 aromatic heterocycles. The van der Waals surface area contributed by atoms with Gasteiger partial charge in [-0.1, -0.05) is 0 Å². The van der Waals surface area contributed by atoms with Crippen molar-refractivity contribution in [2.75, 3.05) is 13.1 Å². The molecule has 0 bridgehead atoms. The van der Waals surface area contributed by atoms with E-state index in [1.54, 1.807) is 11.9 Å². The molecule has 0 aliphatic carbocycles. The number of rotatable bonds is 1. The third-order valence-corrected chi connectivity index (χ3v) is 3.57. The largest absolute Gasteiger partial charge is 0.431 e. The highest BCUT2D eigenvalue weighted by Gasteiger charge is 2.34. The standard InChI is InChI=1S/C13H15F3N2O3/c1-12(21)4-6-18(7-5-12)11(20)8-2-3-9(13(14,15)16)17-10(8)19/h2-3,21H,4-7H2,1H3,(H,17,19). The van der Waals surface area contributed by atoms with Gasteiger partial charge in [0.2, 0.25) is 0 Å². The monoisotopic (exact) mass is 304 g/mol. The van der Waals surface area contributed by atoms with Crippen molar-refractivity contribution >= 4 is 5.91 Å². The molecule has 0 unspecified atom stereocenters. The van der Waals surface area contributed by atoms with Crippen molar-refractivity contribution in [1.82, 2.24) is 9.88 Å². The highest BCUT2D eigenvalue weighted by Crippen LogP contribution is 2.27. The molecule has 2 heterocycles. The van der Waals surface area contributed by atoms with E-state index in [1.165, 1.54) is 4.90 Å². The number of likely N-dealkylation sites (tertiary alicyclic amines) is 1. The van der Waals surface area contributed by atoms with Gasteiger partial charge in [-0.05, 0) is 31.9 Å². The summed E-state index contributed by atoms with van der Waals surface area (Å²) < 4.78 is 37.3. The van der Waals surface area contributed by atoms with Crippen molar-refractivity contribution in [1.29, 1.82) is 0 Å². The molecule has 1 aromatic rings. The molecule has 2 rings (SSSR count). The first-order chi connectivity index (χ1) is 9.60. The topological polar surface area (TPSA) is 73.4 Å². The van der Waals surface area contributed by atoms with Crippen molar-refractivity contribution in [3.8, 4) is 0 Å². The second kappa shape index (κ2) is 5.18. The lowest BCUT2D eigenvalue weighted by Crippen LogP contribution is -2.46. The van der Waals surface area contributed by atoms with Gasteiger partial charge in [-0.3, -0.25) is 9.59 Å². The van der Waals surface area contributed by atoms with Crippen LogP contribution in [0.3, 0.4) is 0 Å². The van der Waals surface area contributed by atoms with Gasteiger partial charge in [0.25, 0.3) is 11.5 Å². The summed E-state index contributed by atoms with van der Waals surface area (Å²) in [5.74, 6) is -0.625. The summed E-state index contributed by atoms with van der Waals surface area (Å²) in [7, 11) is 0. The molecule has 8 heteroatoms. The summed E-state index contributed by atoms with van der Waals surface area (Å²) in [6.07, 6.45) is -3.95. The lowest BCUT2D eigenvalue weighted by atomic mass is 9.93. The van der Waals surface area contributed by atoms with E-state index in [0.29, 0.717) is 18.9 Å². The van der Waals surface area contributed by atoms with Gasteiger partial charge in [0, 0.05) is 13.1 Å². The Labute approximate surface area is 118 Å². The lowest BCUT2D eigenvalue weighted by Gasteiger charge is -2.35. The minimum atomic E-state index is -4.66. The fraction of sp³-hybridized carbons (Fsp3) is 0.538. The number of pyridine rings is 1. The van der Waals surface area contributed by atoms with Crippen molar-refractivity contribution in [3.05, 3.63) is 33.7 Å². The Morgan fingerprint density at radius 2 is 1.90 bits per heavy atom. The lowest BCUT2D eigenvalue weighted by molar-refractivity contribution is -0.141. The zero-order valence-corrected chi connectivity index (χ0v) is 11.3. The normalized spacial score (nSPS) is 18.6. The van der Waals surface area contributed by atoms with Crippen molar-refractivity contribution in [3.63, 3.8) is 0 Å². The molecule has 1 aliphatic rings. The quantitative estimate of drug-likeness (QED) is 0.823. The van der Waals surface area contributed by atoms with Gasteiger partial charge < -0.3 is 15.0 Å². The number of carbonyl (C=O) groups excluding carboxylic acids is 1. The van der Waals surface area contributed by atoms with Gasteiger partial charge in [-0.2, -0.15) is 13.2 Å². The van der Waals surface area contributed by atoms with Crippen LogP contribution >= 0.6 is 0 Å². The smallest absolute Gasteiger partial charge is 0.390 e. The molecule has 116 valence electrons. The van der Waals surface area contributed by atoms with E-state index in [1.807, 2.05) is 0 Å². The number of alkyl halides is 3. The Morgan fingerprint density at radius 3 is 2.38 bits per heavy atom. The number of aliphatic hydroxyl groups is 1. The highest BCUT2D eigenvalue weighted by atomic mass is 19.4. The molecular weight excluding hydrogens is 289 g/mol. The molecule has 0 atom stereocenters.